The highest BCUT2D eigenvalue weighted by Crippen LogP contribution is 2.34. The minimum Gasteiger partial charge on any atom is -0.391 e. The van der Waals surface area contributed by atoms with E-state index in [0.29, 0.717) is 0 Å². The molecule has 0 radical (unpaired) electrons. The van der Waals surface area contributed by atoms with Gasteiger partial charge in [-0.3, -0.25) is 9.78 Å². The molecule has 0 spiro atoms. The highest BCUT2D eigenvalue weighted by molar-refractivity contribution is 5.60. The minimum atomic E-state index is -1.25. The number of nitrogen functional groups attached to an aromatic ring is 1. The molecule has 9 nitrogen and oxygen atoms in total. The van der Waals surface area contributed by atoms with Gasteiger partial charge in [0.05, 0.1) is 0 Å². The molecule has 0 amide bonds. The number of aliphatic hydroxyl groups excluding tert-OH is 2. The van der Waals surface area contributed by atoms with Crippen molar-refractivity contribution in [3.8, 4) is 0 Å². The van der Waals surface area contributed by atoms with Gasteiger partial charge in [0.15, 0.2) is 6.23 Å². The quantitative estimate of drug-likeness (QED) is 0.336. The number of nitrogens with one attached hydrogen (secondary N) is 2. The van der Waals surface area contributed by atoms with E-state index in [0.717, 1.165) is 4.57 Å². The maximum Gasteiger partial charge on any atom is 0.332 e. The van der Waals surface area contributed by atoms with Crippen molar-refractivity contribution in [3.05, 3.63) is 20.8 Å². The molecule has 1 saturated heterocycles. The first-order valence-electron chi connectivity index (χ1n) is 5.40. The molecule has 4 atom stereocenters. The van der Waals surface area contributed by atoms with Crippen LogP contribution in [0, 0.1) is 0 Å². The fourth-order valence-corrected chi connectivity index (χ4v) is 2.30. The molecule has 9 heteroatoms. The molecule has 0 aromatic carbocycles. The van der Waals surface area contributed by atoms with Gasteiger partial charge in [0.1, 0.15) is 29.8 Å². The van der Waals surface area contributed by atoms with Crippen LogP contribution in [0.2, 0.25) is 0 Å². The van der Waals surface area contributed by atoms with E-state index >= 15 is 0 Å². The largest absolute Gasteiger partial charge is 0.391 e. The molecule has 3 heterocycles. The Bertz CT molecular complexity index is 608. The van der Waals surface area contributed by atoms with Gasteiger partial charge in [-0.25, -0.2) is 9.36 Å². The molecule has 2 aliphatic rings. The van der Waals surface area contributed by atoms with Crippen molar-refractivity contribution < 1.29 is 14.9 Å². The Morgan fingerprint density at radius 2 is 2.06 bits per heavy atom. The summed E-state index contributed by atoms with van der Waals surface area (Å²) in [5.41, 5.74) is 3.97. The second kappa shape index (κ2) is 3.57. The van der Waals surface area contributed by atoms with Gasteiger partial charge in [-0.05, 0) is 0 Å². The van der Waals surface area contributed by atoms with Gasteiger partial charge in [0.25, 0.3) is 5.56 Å². The fraction of sp³-hybridized carbons (Fsp3) is 0.556. The first-order chi connectivity index (χ1) is 8.50. The van der Waals surface area contributed by atoms with E-state index in [1.54, 1.807) is 0 Å². The molecular formula is C9H12N4O5. The average Bonchev–Trinajstić information content (AvgIpc) is 2.54. The van der Waals surface area contributed by atoms with E-state index < -0.39 is 35.8 Å². The number of ether oxygens (including phenoxy) is 1. The van der Waals surface area contributed by atoms with Gasteiger partial charge >= 0.3 is 5.69 Å². The van der Waals surface area contributed by atoms with Gasteiger partial charge in [0, 0.05) is 6.54 Å². The number of H-pyrrole nitrogens is 1. The van der Waals surface area contributed by atoms with Crippen LogP contribution in [0.4, 0.5) is 11.5 Å². The van der Waals surface area contributed by atoms with Crippen LogP contribution in [-0.4, -0.2) is 44.6 Å². The van der Waals surface area contributed by atoms with E-state index in [9.17, 15) is 19.8 Å². The molecule has 6 N–H and O–H groups in total. The average molecular weight is 256 g/mol. The lowest BCUT2D eigenvalue weighted by Crippen LogP contribution is -2.42. The predicted octanol–water partition coefficient (Wildman–Crippen LogP) is -2.84. The summed E-state index contributed by atoms with van der Waals surface area (Å²) in [6.45, 7) is 0.141. The second-order valence-corrected chi connectivity index (χ2v) is 4.32. The summed E-state index contributed by atoms with van der Waals surface area (Å²) in [7, 11) is 0. The van der Waals surface area contributed by atoms with Crippen LogP contribution < -0.4 is 22.3 Å². The number of fused-ring (bicyclic) bond motifs is 4. The van der Waals surface area contributed by atoms with E-state index in [2.05, 4.69) is 5.32 Å². The third-order valence-corrected chi connectivity index (χ3v) is 3.24. The van der Waals surface area contributed by atoms with Gasteiger partial charge in [-0.1, -0.05) is 0 Å². The lowest BCUT2D eigenvalue weighted by Gasteiger charge is -2.22. The monoisotopic (exact) mass is 256 g/mol. The summed E-state index contributed by atoms with van der Waals surface area (Å²) >= 11 is 0. The van der Waals surface area contributed by atoms with Gasteiger partial charge in [-0.15, -0.1) is 0 Å². The summed E-state index contributed by atoms with van der Waals surface area (Å²) in [5, 5.41) is 22.3. The number of anilines is 2. The second-order valence-electron chi connectivity index (χ2n) is 4.32. The molecule has 0 aliphatic carbocycles. The fourth-order valence-electron chi connectivity index (χ4n) is 2.30. The minimum absolute atomic E-state index is 0.0993. The predicted molar refractivity (Wildman–Crippen MR) is 60.1 cm³/mol. The molecule has 98 valence electrons. The Morgan fingerprint density at radius 3 is 2.78 bits per heavy atom. The Hall–Kier alpha value is -1.84. The molecule has 1 fully saturated rings. The van der Waals surface area contributed by atoms with Gasteiger partial charge in [-0.2, -0.15) is 0 Å². The number of nitrogens with two attached hydrogens (primary N) is 1. The standard InChI is InChI=1S/C9H12N4O5/c10-3-6-11-1-2-4(14)5(15)8(18-2)13(6)9(17)12-7(3)16/h2,4-5,8,11,14-15H,1,10H2,(H,12,16,17)/t2?,4-,5-,8?/m1/s1. The van der Waals surface area contributed by atoms with Crippen LogP contribution in [0.5, 0.6) is 0 Å². The lowest BCUT2D eigenvalue weighted by atomic mass is 10.1. The third-order valence-electron chi connectivity index (χ3n) is 3.24. The van der Waals surface area contributed by atoms with Crippen molar-refractivity contribution in [2.45, 2.75) is 24.5 Å². The van der Waals surface area contributed by atoms with Gasteiger partial charge < -0.3 is 26.0 Å². The number of aromatic nitrogens is 2. The first-order valence-corrected chi connectivity index (χ1v) is 5.40. The SMILES string of the molecule is Nc1c2n(c(=O)[nH]c1=O)C1OC(CN2)[C@@H](O)[C@H]1O. The molecule has 2 aliphatic heterocycles. The summed E-state index contributed by atoms with van der Waals surface area (Å²) in [6.07, 6.45) is -4.09. The Morgan fingerprint density at radius 1 is 1.33 bits per heavy atom. The lowest BCUT2D eigenvalue weighted by molar-refractivity contribution is -0.0307. The maximum atomic E-state index is 11.8. The normalized spacial score (nSPS) is 33.7. The summed E-state index contributed by atoms with van der Waals surface area (Å²) in [6, 6.07) is 0. The first kappa shape index (κ1) is 11.3. The number of rotatable bonds is 0. The van der Waals surface area contributed by atoms with Crippen LogP contribution >= 0.6 is 0 Å². The van der Waals surface area contributed by atoms with E-state index in [4.69, 9.17) is 10.5 Å². The van der Waals surface area contributed by atoms with Gasteiger partial charge in [0.2, 0.25) is 0 Å². The van der Waals surface area contributed by atoms with Crippen molar-refractivity contribution in [3.63, 3.8) is 0 Å². The van der Waals surface area contributed by atoms with Crippen molar-refractivity contribution in [1.29, 1.82) is 0 Å². The Balaban J connectivity index is 2.25. The topological polar surface area (TPSA) is 143 Å². The molecule has 2 unspecified atom stereocenters. The van der Waals surface area contributed by atoms with Crippen molar-refractivity contribution in [1.82, 2.24) is 9.55 Å². The molecule has 1 aromatic rings. The number of hydrogen-bond donors (Lipinski definition) is 5. The Labute approximate surface area is 99.8 Å². The molecule has 18 heavy (non-hydrogen) atoms. The molecule has 2 bridgehead atoms. The highest BCUT2D eigenvalue weighted by Gasteiger charge is 2.46. The third kappa shape index (κ3) is 1.32. The Kier molecular flexibility index (Phi) is 2.24. The van der Waals surface area contributed by atoms with Crippen LogP contribution in [0.1, 0.15) is 6.23 Å². The molecule has 0 saturated carbocycles. The number of aromatic amines is 1. The van der Waals surface area contributed by atoms with Crippen LogP contribution in [0.25, 0.3) is 0 Å². The summed E-state index contributed by atoms with van der Waals surface area (Å²) in [4.78, 5) is 25.2. The van der Waals surface area contributed by atoms with Crippen molar-refractivity contribution >= 4 is 11.5 Å². The molecule has 1 aromatic heterocycles. The zero-order valence-electron chi connectivity index (χ0n) is 9.16. The number of hydrogen-bond acceptors (Lipinski definition) is 7. The zero-order chi connectivity index (χ0) is 13.0. The van der Waals surface area contributed by atoms with E-state index in [-0.39, 0.29) is 18.1 Å². The summed E-state index contributed by atoms with van der Waals surface area (Å²) < 4.78 is 6.38. The maximum absolute atomic E-state index is 11.8. The molecule has 3 rings (SSSR count). The van der Waals surface area contributed by atoms with E-state index in [1.807, 2.05) is 4.98 Å². The smallest absolute Gasteiger partial charge is 0.332 e. The van der Waals surface area contributed by atoms with Crippen LogP contribution in [0.3, 0.4) is 0 Å². The number of aliphatic hydroxyl groups is 2. The van der Waals surface area contributed by atoms with Crippen LogP contribution in [-0.2, 0) is 4.74 Å². The molecular weight excluding hydrogens is 244 g/mol. The van der Waals surface area contributed by atoms with E-state index in [1.165, 1.54) is 0 Å². The van der Waals surface area contributed by atoms with Crippen molar-refractivity contribution in [2.75, 3.05) is 17.6 Å². The summed E-state index contributed by atoms with van der Waals surface area (Å²) in [5.74, 6) is 0.0993. The van der Waals surface area contributed by atoms with Crippen molar-refractivity contribution in [2.24, 2.45) is 0 Å². The highest BCUT2D eigenvalue weighted by atomic mass is 16.6. The number of nitrogens with zero attached hydrogens (tertiary/aromatic N) is 1. The zero-order valence-corrected chi connectivity index (χ0v) is 9.16. The van der Waals surface area contributed by atoms with Crippen LogP contribution in [0.15, 0.2) is 9.59 Å².